The second kappa shape index (κ2) is 6.96. The van der Waals surface area contributed by atoms with Crippen LogP contribution in [0.3, 0.4) is 0 Å². The number of nitrogens with zero attached hydrogens (tertiary/aromatic N) is 4. The lowest BCUT2D eigenvalue weighted by atomic mass is 9.90. The molecule has 1 atom stereocenters. The summed E-state index contributed by atoms with van der Waals surface area (Å²) < 4.78 is 13.2. The van der Waals surface area contributed by atoms with Gasteiger partial charge in [0.2, 0.25) is 0 Å². The number of nitrogens with one attached hydrogen (secondary N) is 1. The molecule has 0 saturated carbocycles. The zero-order chi connectivity index (χ0) is 17.9. The maximum Gasteiger partial charge on any atom is 0.142 e. The molecule has 0 spiro atoms. The van der Waals surface area contributed by atoms with Crippen molar-refractivity contribution >= 4 is 5.82 Å². The number of benzene rings is 1. The third-order valence-corrected chi connectivity index (χ3v) is 4.83. The molecule has 0 radical (unpaired) electrons. The van der Waals surface area contributed by atoms with Crippen molar-refractivity contribution in [1.29, 1.82) is 5.26 Å². The summed E-state index contributed by atoms with van der Waals surface area (Å²) >= 11 is 0. The monoisotopic (exact) mass is 347 g/mol. The van der Waals surface area contributed by atoms with E-state index in [1.54, 1.807) is 24.4 Å². The molecule has 5 nitrogen and oxygen atoms in total. The Bertz CT molecular complexity index is 941. The summed E-state index contributed by atoms with van der Waals surface area (Å²) in [7, 11) is 0. The number of H-pyrrole nitrogens is 1. The van der Waals surface area contributed by atoms with E-state index in [2.05, 4.69) is 26.2 Å². The normalized spacial score (nSPS) is 17.1. The van der Waals surface area contributed by atoms with Gasteiger partial charge in [0, 0.05) is 30.3 Å². The first-order chi connectivity index (χ1) is 12.7. The first kappa shape index (κ1) is 16.3. The van der Waals surface area contributed by atoms with Crippen molar-refractivity contribution in [2.45, 2.75) is 18.8 Å². The minimum absolute atomic E-state index is 0.244. The molecular weight excluding hydrogens is 329 g/mol. The molecule has 1 saturated heterocycles. The summed E-state index contributed by atoms with van der Waals surface area (Å²) in [6.07, 6.45) is 3.88. The Labute approximate surface area is 151 Å². The highest BCUT2D eigenvalue weighted by atomic mass is 19.1. The van der Waals surface area contributed by atoms with Crippen molar-refractivity contribution in [1.82, 2.24) is 15.2 Å². The highest BCUT2D eigenvalue weighted by molar-refractivity contribution is 5.66. The highest BCUT2D eigenvalue weighted by Gasteiger charge is 2.26. The molecule has 1 fully saturated rings. The van der Waals surface area contributed by atoms with Gasteiger partial charge in [-0.2, -0.15) is 10.4 Å². The molecule has 3 aromatic rings. The number of nitriles is 1. The van der Waals surface area contributed by atoms with Gasteiger partial charge < -0.3 is 4.90 Å². The largest absolute Gasteiger partial charge is 0.356 e. The van der Waals surface area contributed by atoms with Crippen LogP contribution in [0, 0.1) is 17.1 Å². The van der Waals surface area contributed by atoms with Crippen LogP contribution >= 0.6 is 0 Å². The van der Waals surface area contributed by atoms with Crippen LogP contribution in [-0.4, -0.2) is 28.3 Å². The summed E-state index contributed by atoms with van der Waals surface area (Å²) in [4.78, 5) is 6.63. The quantitative estimate of drug-likeness (QED) is 0.781. The zero-order valence-electron chi connectivity index (χ0n) is 14.2. The first-order valence-electron chi connectivity index (χ1n) is 8.66. The Hall–Kier alpha value is -3.20. The van der Waals surface area contributed by atoms with E-state index in [-0.39, 0.29) is 11.7 Å². The molecule has 1 aromatic carbocycles. The summed E-state index contributed by atoms with van der Waals surface area (Å²) in [5.74, 6) is 0.863. The number of aromatic nitrogens is 3. The lowest BCUT2D eigenvalue weighted by Crippen LogP contribution is -2.35. The second-order valence-electron chi connectivity index (χ2n) is 6.48. The van der Waals surface area contributed by atoms with Crippen molar-refractivity contribution in [3.63, 3.8) is 0 Å². The smallest absolute Gasteiger partial charge is 0.142 e. The highest BCUT2D eigenvalue weighted by Crippen LogP contribution is 2.34. The van der Waals surface area contributed by atoms with Crippen LogP contribution in [0.4, 0.5) is 10.2 Å². The Morgan fingerprint density at radius 3 is 2.85 bits per heavy atom. The Morgan fingerprint density at radius 2 is 2.04 bits per heavy atom. The molecule has 0 amide bonds. The van der Waals surface area contributed by atoms with E-state index in [0.717, 1.165) is 48.6 Å². The van der Waals surface area contributed by atoms with Gasteiger partial charge in [-0.3, -0.25) is 5.10 Å². The zero-order valence-corrected chi connectivity index (χ0v) is 14.2. The van der Waals surface area contributed by atoms with Crippen LogP contribution in [-0.2, 0) is 0 Å². The lowest BCUT2D eigenvalue weighted by Gasteiger charge is -2.33. The van der Waals surface area contributed by atoms with Gasteiger partial charge in [-0.05, 0) is 42.7 Å². The Morgan fingerprint density at radius 1 is 1.19 bits per heavy atom. The predicted octanol–water partition coefficient (Wildman–Crippen LogP) is 3.87. The van der Waals surface area contributed by atoms with Crippen molar-refractivity contribution < 1.29 is 4.39 Å². The van der Waals surface area contributed by atoms with Gasteiger partial charge in [-0.15, -0.1) is 0 Å². The Kier molecular flexibility index (Phi) is 4.36. The minimum atomic E-state index is -0.244. The summed E-state index contributed by atoms with van der Waals surface area (Å²) in [5, 5.41) is 16.4. The SMILES string of the molecule is N#Cc1cccc(N2CCC[C@H](c3[nH]ncc3-c3ccc(F)cc3)C2)n1. The standard InChI is InChI=1S/C20H18FN5/c21-16-8-6-14(7-9-16)18-12-23-25-20(18)15-3-2-10-26(13-15)19-5-1-4-17(11-22)24-19/h1,4-9,12,15H,2-3,10,13H2,(H,23,25)/t15-/m0/s1. The van der Waals surface area contributed by atoms with Gasteiger partial charge in [0.15, 0.2) is 0 Å². The number of aromatic amines is 1. The summed E-state index contributed by atoms with van der Waals surface area (Å²) in [5.41, 5.74) is 3.46. The van der Waals surface area contributed by atoms with E-state index >= 15 is 0 Å². The minimum Gasteiger partial charge on any atom is -0.356 e. The average Bonchev–Trinajstić information content (AvgIpc) is 3.18. The number of halogens is 1. The van der Waals surface area contributed by atoms with E-state index in [0.29, 0.717) is 5.69 Å². The molecule has 3 heterocycles. The van der Waals surface area contributed by atoms with Crippen molar-refractivity contribution in [3.8, 4) is 17.2 Å². The fourth-order valence-electron chi connectivity index (χ4n) is 3.55. The molecule has 2 aromatic heterocycles. The van der Waals surface area contributed by atoms with E-state index in [1.165, 1.54) is 12.1 Å². The number of piperidine rings is 1. The molecular formula is C20H18FN5. The molecule has 1 N–H and O–H groups in total. The lowest BCUT2D eigenvalue weighted by molar-refractivity contribution is 0.498. The molecule has 26 heavy (non-hydrogen) atoms. The van der Waals surface area contributed by atoms with Gasteiger partial charge in [0.05, 0.1) is 6.20 Å². The predicted molar refractivity (Wildman–Crippen MR) is 97.1 cm³/mol. The van der Waals surface area contributed by atoms with Crippen LogP contribution in [0.2, 0.25) is 0 Å². The average molecular weight is 347 g/mol. The molecule has 6 heteroatoms. The number of rotatable bonds is 3. The van der Waals surface area contributed by atoms with E-state index in [9.17, 15) is 4.39 Å². The van der Waals surface area contributed by atoms with Gasteiger partial charge in [0.1, 0.15) is 23.4 Å². The van der Waals surface area contributed by atoms with Crippen LogP contribution in [0.25, 0.3) is 11.1 Å². The molecule has 0 bridgehead atoms. The fourth-order valence-corrected chi connectivity index (χ4v) is 3.55. The fraction of sp³-hybridized carbons (Fsp3) is 0.250. The number of pyridine rings is 1. The molecule has 130 valence electrons. The number of hydrogen-bond donors (Lipinski definition) is 1. The van der Waals surface area contributed by atoms with Gasteiger partial charge in [-0.1, -0.05) is 18.2 Å². The van der Waals surface area contributed by atoms with Crippen LogP contribution < -0.4 is 4.90 Å². The molecule has 1 aliphatic rings. The molecule has 1 aliphatic heterocycles. The van der Waals surface area contributed by atoms with Crippen molar-refractivity contribution in [2.75, 3.05) is 18.0 Å². The number of anilines is 1. The van der Waals surface area contributed by atoms with Crippen molar-refractivity contribution in [2.24, 2.45) is 0 Å². The van der Waals surface area contributed by atoms with Gasteiger partial charge in [-0.25, -0.2) is 9.37 Å². The van der Waals surface area contributed by atoms with E-state index in [1.807, 2.05) is 12.1 Å². The maximum absolute atomic E-state index is 13.2. The molecule has 0 unspecified atom stereocenters. The number of hydrogen-bond acceptors (Lipinski definition) is 4. The summed E-state index contributed by atoms with van der Waals surface area (Å²) in [6.45, 7) is 1.72. The van der Waals surface area contributed by atoms with Crippen LogP contribution in [0.1, 0.15) is 30.1 Å². The third kappa shape index (κ3) is 3.16. The Balaban J connectivity index is 1.60. The van der Waals surface area contributed by atoms with E-state index < -0.39 is 0 Å². The van der Waals surface area contributed by atoms with Gasteiger partial charge >= 0.3 is 0 Å². The molecule has 4 rings (SSSR count). The first-order valence-corrected chi connectivity index (χ1v) is 8.66. The van der Waals surface area contributed by atoms with Gasteiger partial charge in [0.25, 0.3) is 0 Å². The van der Waals surface area contributed by atoms with Crippen molar-refractivity contribution in [3.05, 3.63) is 65.9 Å². The molecule has 0 aliphatic carbocycles. The van der Waals surface area contributed by atoms with Crippen LogP contribution in [0.15, 0.2) is 48.7 Å². The second-order valence-corrected chi connectivity index (χ2v) is 6.48. The van der Waals surface area contributed by atoms with Crippen LogP contribution in [0.5, 0.6) is 0 Å². The summed E-state index contributed by atoms with van der Waals surface area (Å²) in [6, 6.07) is 14.1. The third-order valence-electron chi connectivity index (χ3n) is 4.83. The topological polar surface area (TPSA) is 68.6 Å². The van der Waals surface area contributed by atoms with E-state index in [4.69, 9.17) is 5.26 Å². The maximum atomic E-state index is 13.2.